The minimum atomic E-state index is 0.769. The zero-order chi connectivity index (χ0) is 15.2. The van der Waals surface area contributed by atoms with Crippen LogP contribution in [-0.2, 0) is 6.54 Å². The summed E-state index contributed by atoms with van der Waals surface area (Å²) in [6.07, 6.45) is 5.52. The largest absolute Gasteiger partial charge is 0.345 e. The molecule has 0 bridgehead atoms. The van der Waals surface area contributed by atoms with Crippen LogP contribution in [-0.4, -0.2) is 48.1 Å². The second-order valence-corrected chi connectivity index (χ2v) is 8.22. The lowest BCUT2D eigenvalue weighted by Gasteiger charge is -2.34. The molecule has 1 saturated heterocycles. The molecule has 2 aromatic rings. The van der Waals surface area contributed by atoms with Crippen LogP contribution in [0.1, 0.15) is 31.2 Å². The van der Waals surface area contributed by atoms with Gasteiger partial charge < -0.3 is 10.2 Å². The third-order valence-corrected chi connectivity index (χ3v) is 6.34. The summed E-state index contributed by atoms with van der Waals surface area (Å²) in [5, 5.41) is 4.81. The second kappa shape index (κ2) is 5.72. The van der Waals surface area contributed by atoms with Crippen molar-refractivity contribution in [3.63, 3.8) is 0 Å². The highest BCUT2D eigenvalue weighted by molar-refractivity contribution is 7.22. The number of hydrogen-bond donors (Lipinski definition) is 1. The van der Waals surface area contributed by atoms with Crippen molar-refractivity contribution in [3.8, 4) is 0 Å². The summed E-state index contributed by atoms with van der Waals surface area (Å²) in [4.78, 5) is 10.0. The Morgan fingerprint density at radius 2 is 1.91 bits per heavy atom. The normalized spacial score (nSPS) is 22.9. The van der Waals surface area contributed by atoms with Gasteiger partial charge in [0.15, 0.2) is 5.13 Å². The van der Waals surface area contributed by atoms with Gasteiger partial charge in [0.2, 0.25) is 0 Å². The lowest BCUT2D eigenvalue weighted by Crippen LogP contribution is -2.47. The fraction of sp³-hybridized carbons (Fsp3) is 0.611. The van der Waals surface area contributed by atoms with Crippen molar-refractivity contribution < 1.29 is 0 Å². The van der Waals surface area contributed by atoms with E-state index in [9.17, 15) is 0 Å². The van der Waals surface area contributed by atoms with Gasteiger partial charge in [-0.3, -0.25) is 4.90 Å². The van der Waals surface area contributed by atoms with E-state index in [0.717, 1.165) is 37.2 Å². The Labute approximate surface area is 141 Å². The summed E-state index contributed by atoms with van der Waals surface area (Å²) < 4.78 is 1.33. The minimum absolute atomic E-state index is 0.769. The molecule has 23 heavy (non-hydrogen) atoms. The lowest BCUT2D eigenvalue weighted by atomic mass is 10.2. The zero-order valence-electron chi connectivity index (χ0n) is 13.5. The second-order valence-electron chi connectivity index (χ2n) is 7.21. The molecule has 3 fully saturated rings. The number of benzene rings is 1. The first-order valence-electron chi connectivity index (χ1n) is 8.97. The average molecular weight is 328 g/mol. The summed E-state index contributed by atoms with van der Waals surface area (Å²) in [5.74, 6) is 0. The molecule has 5 heteroatoms. The fourth-order valence-corrected chi connectivity index (χ4v) is 4.55. The first-order chi connectivity index (χ1) is 11.3. The maximum absolute atomic E-state index is 4.88. The standard InChI is InChI=1S/C18H24N4S/c1-6-16-17(11-13(1)12-19-14-2-3-14)23-18(20-16)22-9-7-21(8-10-22)15-4-5-15/h1,6,11,14-15,19H,2-5,7-10,12H2. The van der Waals surface area contributed by atoms with Gasteiger partial charge in [-0.2, -0.15) is 0 Å². The number of hydrogen-bond acceptors (Lipinski definition) is 5. The molecular weight excluding hydrogens is 304 g/mol. The Kier molecular flexibility index (Phi) is 3.53. The fourth-order valence-electron chi connectivity index (χ4n) is 3.47. The molecule has 0 atom stereocenters. The van der Waals surface area contributed by atoms with E-state index in [2.05, 4.69) is 33.3 Å². The van der Waals surface area contributed by atoms with Crippen LogP contribution in [0.3, 0.4) is 0 Å². The van der Waals surface area contributed by atoms with Gasteiger partial charge in [-0.15, -0.1) is 0 Å². The summed E-state index contributed by atoms with van der Waals surface area (Å²) >= 11 is 1.86. The van der Waals surface area contributed by atoms with E-state index < -0.39 is 0 Å². The van der Waals surface area contributed by atoms with Gasteiger partial charge in [0.05, 0.1) is 10.2 Å². The summed E-state index contributed by atoms with van der Waals surface area (Å²) in [6.45, 7) is 5.67. The number of piperazine rings is 1. The molecule has 1 N–H and O–H groups in total. The van der Waals surface area contributed by atoms with Gasteiger partial charge in [0.25, 0.3) is 0 Å². The molecular formula is C18H24N4S. The predicted molar refractivity (Wildman–Crippen MR) is 96.3 cm³/mol. The molecule has 0 amide bonds. The van der Waals surface area contributed by atoms with Crippen molar-refractivity contribution in [1.82, 2.24) is 15.2 Å². The number of fused-ring (bicyclic) bond motifs is 1. The Morgan fingerprint density at radius 1 is 1.09 bits per heavy atom. The highest BCUT2D eigenvalue weighted by Gasteiger charge is 2.31. The van der Waals surface area contributed by atoms with Gasteiger partial charge in [-0.05, 0) is 43.4 Å². The zero-order valence-corrected chi connectivity index (χ0v) is 14.3. The predicted octanol–water partition coefficient (Wildman–Crippen LogP) is 2.83. The maximum Gasteiger partial charge on any atom is 0.186 e. The molecule has 2 saturated carbocycles. The molecule has 1 aromatic heterocycles. The SMILES string of the molecule is c1cc2nc(N3CCN(C4CC4)CC3)sc2cc1CNC1CC1. The van der Waals surface area contributed by atoms with E-state index in [1.165, 1.54) is 54.2 Å². The lowest BCUT2D eigenvalue weighted by molar-refractivity contribution is 0.248. The van der Waals surface area contributed by atoms with Gasteiger partial charge in [0.1, 0.15) is 0 Å². The van der Waals surface area contributed by atoms with Crippen LogP contribution in [0, 0.1) is 0 Å². The van der Waals surface area contributed by atoms with Crippen LogP contribution in [0.4, 0.5) is 5.13 Å². The van der Waals surface area contributed by atoms with Crippen LogP contribution in [0.2, 0.25) is 0 Å². The number of nitrogens with one attached hydrogen (secondary N) is 1. The van der Waals surface area contributed by atoms with Crippen molar-refractivity contribution in [2.45, 2.75) is 44.3 Å². The van der Waals surface area contributed by atoms with E-state index in [4.69, 9.17) is 4.98 Å². The van der Waals surface area contributed by atoms with Gasteiger partial charge in [-0.1, -0.05) is 17.4 Å². The summed E-state index contributed by atoms with van der Waals surface area (Å²) in [5.41, 5.74) is 2.54. The molecule has 0 radical (unpaired) electrons. The molecule has 3 aliphatic rings. The quantitative estimate of drug-likeness (QED) is 0.914. The Bertz CT molecular complexity index is 696. The highest BCUT2D eigenvalue weighted by atomic mass is 32.1. The van der Waals surface area contributed by atoms with Crippen LogP contribution in [0.5, 0.6) is 0 Å². The number of aromatic nitrogens is 1. The van der Waals surface area contributed by atoms with Crippen LogP contribution in [0.25, 0.3) is 10.2 Å². The Hall–Kier alpha value is -1.17. The van der Waals surface area contributed by atoms with E-state index >= 15 is 0 Å². The molecule has 0 spiro atoms. The molecule has 122 valence electrons. The number of thiazole rings is 1. The van der Waals surface area contributed by atoms with E-state index in [-0.39, 0.29) is 0 Å². The van der Waals surface area contributed by atoms with Crippen molar-refractivity contribution in [2.75, 3.05) is 31.1 Å². The van der Waals surface area contributed by atoms with Crippen molar-refractivity contribution >= 4 is 26.7 Å². The number of rotatable bonds is 5. The van der Waals surface area contributed by atoms with Crippen LogP contribution >= 0.6 is 11.3 Å². The molecule has 1 aliphatic heterocycles. The summed E-state index contributed by atoms with van der Waals surface area (Å²) in [6, 6.07) is 8.41. The molecule has 5 rings (SSSR count). The van der Waals surface area contributed by atoms with Crippen molar-refractivity contribution in [2.24, 2.45) is 0 Å². The molecule has 1 aromatic carbocycles. The molecule has 0 unspecified atom stereocenters. The first-order valence-corrected chi connectivity index (χ1v) is 9.79. The van der Waals surface area contributed by atoms with Crippen LogP contribution < -0.4 is 10.2 Å². The number of nitrogens with zero attached hydrogens (tertiary/aromatic N) is 3. The number of anilines is 1. The Morgan fingerprint density at radius 3 is 2.65 bits per heavy atom. The average Bonchev–Trinajstić information content (AvgIpc) is 3.50. The maximum atomic E-state index is 4.88. The van der Waals surface area contributed by atoms with Crippen LogP contribution in [0.15, 0.2) is 18.2 Å². The highest BCUT2D eigenvalue weighted by Crippen LogP contribution is 2.32. The molecule has 2 aliphatic carbocycles. The molecule has 2 heterocycles. The van der Waals surface area contributed by atoms with E-state index in [1.54, 1.807) is 0 Å². The van der Waals surface area contributed by atoms with E-state index in [1.807, 2.05) is 11.3 Å². The third kappa shape index (κ3) is 3.10. The van der Waals surface area contributed by atoms with E-state index in [0.29, 0.717) is 0 Å². The first kappa shape index (κ1) is 14.2. The van der Waals surface area contributed by atoms with Gasteiger partial charge in [-0.25, -0.2) is 4.98 Å². The van der Waals surface area contributed by atoms with Gasteiger partial charge in [0, 0.05) is 44.8 Å². The molecule has 4 nitrogen and oxygen atoms in total. The monoisotopic (exact) mass is 328 g/mol. The topological polar surface area (TPSA) is 31.4 Å². The Balaban J connectivity index is 1.29. The van der Waals surface area contributed by atoms with Crippen molar-refractivity contribution in [1.29, 1.82) is 0 Å². The third-order valence-electron chi connectivity index (χ3n) is 5.26. The van der Waals surface area contributed by atoms with Crippen molar-refractivity contribution in [3.05, 3.63) is 23.8 Å². The van der Waals surface area contributed by atoms with Gasteiger partial charge >= 0.3 is 0 Å². The smallest absolute Gasteiger partial charge is 0.186 e. The summed E-state index contributed by atoms with van der Waals surface area (Å²) in [7, 11) is 0. The minimum Gasteiger partial charge on any atom is -0.345 e.